The number of hydrogen-bond donors (Lipinski definition) is 1. The first kappa shape index (κ1) is 20.9. The van der Waals surface area contributed by atoms with Crippen molar-refractivity contribution in [3.05, 3.63) is 29.6 Å². The van der Waals surface area contributed by atoms with Crippen LogP contribution in [0.4, 0.5) is 0 Å². The number of rotatable bonds is 8. The Balaban J connectivity index is 2.35. The van der Waals surface area contributed by atoms with Gasteiger partial charge < -0.3 is 5.73 Å². The molecule has 0 aliphatic rings. The molecule has 0 saturated heterocycles. The Morgan fingerprint density at radius 2 is 2.00 bits per heavy atom. The van der Waals surface area contributed by atoms with Crippen molar-refractivity contribution in [3.63, 3.8) is 0 Å². The molecule has 0 spiro atoms. The number of carbonyl (C=O) groups excluding carboxylic acids is 1. The van der Waals surface area contributed by atoms with Crippen LogP contribution in [0, 0.1) is 11.3 Å². The van der Waals surface area contributed by atoms with Crippen LogP contribution in [0.5, 0.6) is 0 Å². The number of nitriles is 1. The number of aromatic nitrogens is 3. The summed E-state index contributed by atoms with van der Waals surface area (Å²) in [4.78, 5) is 12.2. The quantitative estimate of drug-likeness (QED) is 0.391. The summed E-state index contributed by atoms with van der Waals surface area (Å²) in [6.45, 7) is 5.74. The first-order chi connectivity index (χ1) is 12.8. The third kappa shape index (κ3) is 4.29. The van der Waals surface area contributed by atoms with Crippen LogP contribution in [0.1, 0.15) is 20.8 Å². The first-order valence-electron chi connectivity index (χ1n) is 8.13. The van der Waals surface area contributed by atoms with E-state index >= 15 is 0 Å². The van der Waals surface area contributed by atoms with Crippen LogP contribution in [-0.2, 0) is 14.8 Å². The van der Waals surface area contributed by atoms with E-state index in [9.17, 15) is 13.2 Å². The lowest BCUT2D eigenvalue weighted by Gasteiger charge is -2.18. The molecule has 0 radical (unpaired) electrons. The Bertz CT molecular complexity index is 1030. The number of fused-ring (bicyclic) bond motifs is 1. The fraction of sp³-hybridized carbons (Fsp3) is 0.375. The van der Waals surface area contributed by atoms with E-state index in [1.54, 1.807) is 26.0 Å². The largest absolute Gasteiger partial charge is 0.401 e. The zero-order valence-electron chi connectivity index (χ0n) is 15.2. The van der Waals surface area contributed by atoms with Gasteiger partial charge in [0.1, 0.15) is 11.6 Å². The summed E-state index contributed by atoms with van der Waals surface area (Å²) < 4.78 is 28.3. The van der Waals surface area contributed by atoms with Gasteiger partial charge in [0.15, 0.2) is 16.6 Å². The van der Waals surface area contributed by atoms with Gasteiger partial charge >= 0.3 is 0 Å². The number of nitrogens with zero attached hydrogens (tertiary/aromatic N) is 5. The van der Waals surface area contributed by atoms with E-state index in [0.29, 0.717) is 23.9 Å². The number of hydrogen-bond acceptors (Lipinski definition) is 8. The second-order valence-electron chi connectivity index (χ2n) is 5.55. The summed E-state index contributed by atoms with van der Waals surface area (Å²) in [6.07, 6.45) is 1.44. The third-order valence-electron chi connectivity index (χ3n) is 3.80. The maximum Gasteiger partial charge on any atom is 0.244 e. The van der Waals surface area contributed by atoms with Crippen molar-refractivity contribution >= 4 is 33.2 Å². The molecule has 11 heteroatoms. The Hall–Kier alpha value is -2.42. The topological polar surface area (TPSA) is 134 Å². The van der Waals surface area contributed by atoms with E-state index < -0.39 is 15.8 Å². The van der Waals surface area contributed by atoms with Crippen LogP contribution in [0.2, 0.25) is 0 Å². The average molecular weight is 409 g/mol. The van der Waals surface area contributed by atoms with E-state index in [2.05, 4.69) is 10.2 Å². The number of nitrogens with two attached hydrogens (primary N) is 1. The van der Waals surface area contributed by atoms with E-state index in [-0.39, 0.29) is 21.9 Å². The molecule has 144 valence electrons. The lowest BCUT2D eigenvalue weighted by atomic mass is 10.2. The highest BCUT2D eigenvalue weighted by atomic mass is 32.2. The molecule has 0 aromatic carbocycles. The zero-order chi connectivity index (χ0) is 20.2. The number of Topliss-reactive ketones (excluding diaryl/α,β-unsaturated/α-hetero) is 1. The molecule has 0 unspecified atom stereocenters. The van der Waals surface area contributed by atoms with Crippen LogP contribution in [-0.4, -0.2) is 51.9 Å². The number of thioether (sulfide) groups is 1. The monoisotopic (exact) mass is 408 g/mol. The van der Waals surface area contributed by atoms with Crippen LogP contribution >= 0.6 is 11.8 Å². The van der Waals surface area contributed by atoms with E-state index in [1.807, 2.05) is 0 Å². The lowest BCUT2D eigenvalue weighted by Crippen LogP contribution is -2.30. The SMILES string of the molecule is CCN(CC)S(=O)(=O)c1ccc2nnc(SCC(=O)/C(C#N)=C(/C)N)n2c1. The summed E-state index contributed by atoms with van der Waals surface area (Å²) in [5.74, 6) is -0.489. The molecule has 0 fully saturated rings. The minimum absolute atomic E-state index is 0.0642. The molecule has 9 nitrogen and oxygen atoms in total. The second kappa shape index (κ2) is 8.51. The van der Waals surface area contributed by atoms with Crippen molar-refractivity contribution in [1.29, 1.82) is 5.26 Å². The molecule has 0 saturated carbocycles. The minimum Gasteiger partial charge on any atom is -0.401 e. The highest BCUT2D eigenvalue weighted by molar-refractivity contribution is 7.99. The molecule has 0 aliphatic carbocycles. The smallest absolute Gasteiger partial charge is 0.244 e. The Kier molecular flexibility index (Phi) is 6.59. The first-order valence-corrected chi connectivity index (χ1v) is 10.6. The maximum atomic E-state index is 12.7. The average Bonchev–Trinajstić information content (AvgIpc) is 3.03. The number of pyridine rings is 1. The van der Waals surface area contributed by atoms with Gasteiger partial charge in [-0.3, -0.25) is 9.20 Å². The summed E-state index contributed by atoms with van der Waals surface area (Å²) >= 11 is 1.06. The van der Waals surface area contributed by atoms with Gasteiger partial charge in [-0.2, -0.15) is 9.57 Å². The van der Waals surface area contributed by atoms with Gasteiger partial charge in [0.25, 0.3) is 0 Å². The molecule has 2 aromatic rings. The highest BCUT2D eigenvalue weighted by Gasteiger charge is 2.23. The summed E-state index contributed by atoms with van der Waals surface area (Å²) in [5.41, 5.74) is 6.04. The molecule has 0 aliphatic heterocycles. The van der Waals surface area contributed by atoms with Crippen LogP contribution < -0.4 is 5.73 Å². The van der Waals surface area contributed by atoms with Gasteiger partial charge in [0.2, 0.25) is 10.0 Å². The van der Waals surface area contributed by atoms with E-state index in [0.717, 1.165) is 11.8 Å². The van der Waals surface area contributed by atoms with Crippen molar-refractivity contribution < 1.29 is 13.2 Å². The molecule has 2 heterocycles. The van der Waals surface area contributed by atoms with Gasteiger partial charge in [-0.05, 0) is 19.1 Å². The normalized spacial score (nSPS) is 12.9. The second-order valence-corrected chi connectivity index (χ2v) is 8.43. The third-order valence-corrected chi connectivity index (χ3v) is 6.78. The van der Waals surface area contributed by atoms with E-state index in [4.69, 9.17) is 11.0 Å². The Morgan fingerprint density at radius 1 is 1.33 bits per heavy atom. The maximum absolute atomic E-state index is 12.7. The van der Waals surface area contributed by atoms with Crippen LogP contribution in [0.15, 0.2) is 39.7 Å². The van der Waals surface area contributed by atoms with Gasteiger partial charge in [0, 0.05) is 25.0 Å². The minimum atomic E-state index is -3.63. The molecular weight excluding hydrogens is 388 g/mol. The van der Waals surface area contributed by atoms with Crippen molar-refractivity contribution in [2.45, 2.75) is 30.8 Å². The van der Waals surface area contributed by atoms with Gasteiger partial charge in [-0.15, -0.1) is 10.2 Å². The predicted octanol–water partition coefficient (Wildman–Crippen LogP) is 1.18. The Labute approximate surface area is 161 Å². The Morgan fingerprint density at radius 3 is 2.56 bits per heavy atom. The lowest BCUT2D eigenvalue weighted by molar-refractivity contribution is -0.112. The molecule has 0 atom stereocenters. The van der Waals surface area contributed by atoms with Gasteiger partial charge in [-0.1, -0.05) is 25.6 Å². The fourth-order valence-corrected chi connectivity index (χ4v) is 4.63. The summed E-state index contributed by atoms with van der Waals surface area (Å²) in [6, 6.07) is 4.82. The molecule has 2 aromatic heterocycles. The molecule has 2 N–H and O–H groups in total. The number of ketones is 1. The van der Waals surface area contributed by atoms with Crippen LogP contribution in [0.25, 0.3) is 5.65 Å². The molecule has 0 amide bonds. The number of allylic oxidation sites excluding steroid dienone is 2. The molecular formula is C16H20N6O3S2. The number of carbonyl (C=O) groups is 1. The summed E-state index contributed by atoms with van der Waals surface area (Å²) in [7, 11) is -3.63. The van der Waals surface area contributed by atoms with Crippen molar-refractivity contribution in [1.82, 2.24) is 18.9 Å². The standard InChI is InChI=1S/C16H20N6O3S2/c1-4-21(5-2)27(24,25)12-6-7-15-19-20-16(22(15)9-12)26-10-14(23)13(8-17)11(3)18/h6-7,9H,4-5,10,18H2,1-3H3/b13-11-. The van der Waals surface area contributed by atoms with Crippen molar-refractivity contribution in [2.24, 2.45) is 5.73 Å². The van der Waals surface area contributed by atoms with Crippen LogP contribution in [0.3, 0.4) is 0 Å². The van der Waals surface area contributed by atoms with Crippen molar-refractivity contribution in [2.75, 3.05) is 18.8 Å². The van der Waals surface area contributed by atoms with Crippen molar-refractivity contribution in [3.8, 4) is 6.07 Å². The predicted molar refractivity (Wildman–Crippen MR) is 101 cm³/mol. The molecule has 2 rings (SSSR count). The fourth-order valence-electron chi connectivity index (χ4n) is 2.39. The number of sulfonamides is 1. The van der Waals surface area contributed by atoms with Gasteiger partial charge in [-0.25, -0.2) is 8.42 Å². The highest BCUT2D eigenvalue weighted by Crippen LogP contribution is 2.22. The van der Waals surface area contributed by atoms with Gasteiger partial charge in [0.05, 0.1) is 10.6 Å². The van der Waals surface area contributed by atoms with E-state index in [1.165, 1.54) is 27.9 Å². The zero-order valence-corrected chi connectivity index (χ0v) is 16.8. The molecule has 0 bridgehead atoms. The molecule has 27 heavy (non-hydrogen) atoms. The summed E-state index contributed by atoms with van der Waals surface area (Å²) in [5, 5.41) is 17.3.